The van der Waals surface area contributed by atoms with Crippen LogP contribution in [0.15, 0.2) is 0 Å². The van der Waals surface area contributed by atoms with Crippen molar-refractivity contribution in [1.29, 1.82) is 0 Å². The van der Waals surface area contributed by atoms with Crippen LogP contribution in [0.4, 0.5) is 0 Å². The van der Waals surface area contributed by atoms with Crippen LogP contribution >= 0.6 is 15.9 Å². The van der Waals surface area contributed by atoms with Gasteiger partial charge in [0.05, 0.1) is 5.33 Å². The monoisotopic (exact) mass is 230 g/mol. The second-order valence-electron chi connectivity index (χ2n) is 2.97. The van der Waals surface area contributed by atoms with Crippen molar-refractivity contribution in [3.8, 4) is 23.8 Å². The summed E-state index contributed by atoms with van der Waals surface area (Å²) in [7, 11) is -1.07. The lowest BCUT2D eigenvalue weighted by atomic mass is 10.8. The first-order valence-corrected chi connectivity index (χ1v) is 8.03. The summed E-state index contributed by atoms with van der Waals surface area (Å²) in [5.41, 5.74) is 3.21. The summed E-state index contributed by atoms with van der Waals surface area (Å²) in [5, 5.41) is 0.817. The maximum atomic E-state index is 4.60. The van der Waals surface area contributed by atoms with Crippen LogP contribution in [0.5, 0.6) is 0 Å². The lowest BCUT2D eigenvalue weighted by molar-refractivity contribution is 1.80. The molecule has 0 aliphatic carbocycles. The summed E-state index contributed by atoms with van der Waals surface area (Å²) < 4.78 is 0. The lowest BCUT2D eigenvalue weighted by Crippen LogP contribution is -2.16. The second kappa shape index (κ2) is 7.92. The van der Waals surface area contributed by atoms with Crippen LogP contribution < -0.4 is 0 Å². The van der Waals surface area contributed by atoms with Gasteiger partial charge in [0.15, 0.2) is 0 Å². The van der Waals surface area contributed by atoms with Crippen molar-refractivity contribution in [3.05, 3.63) is 0 Å². The third-order valence-electron chi connectivity index (χ3n) is 0.530. The van der Waals surface area contributed by atoms with Crippen molar-refractivity contribution in [1.82, 2.24) is 0 Å². The number of rotatable bonds is 0. The topological polar surface area (TPSA) is 0 Å². The van der Waals surface area contributed by atoms with Gasteiger partial charge >= 0.3 is 0 Å². The molecular formula is C9H15BrSi. The van der Waals surface area contributed by atoms with Gasteiger partial charge in [0.2, 0.25) is 0 Å². The highest BCUT2D eigenvalue weighted by Gasteiger charge is 2.06. The van der Waals surface area contributed by atoms with Crippen LogP contribution in [0.25, 0.3) is 0 Å². The van der Waals surface area contributed by atoms with Crippen molar-refractivity contribution >= 4 is 24.0 Å². The average Bonchev–Trinajstić information content (AvgIpc) is 1.84. The van der Waals surface area contributed by atoms with Gasteiger partial charge in [-0.15, -0.1) is 17.9 Å². The molecule has 2 heteroatoms. The minimum atomic E-state index is -1.07. The maximum Gasteiger partial charge on any atom is 0.129 e. The van der Waals surface area contributed by atoms with E-state index in [4.69, 9.17) is 0 Å². The standard InChI is InChI=1S/C6H11BrSi.C3H4/c1-8(2,3)6-4-5-7;1-3-2/h5H2,1-3H3;1H,2H3. The summed E-state index contributed by atoms with van der Waals surface area (Å²) in [6.07, 6.45) is 4.60. The van der Waals surface area contributed by atoms with Crippen molar-refractivity contribution < 1.29 is 0 Å². The first kappa shape index (κ1) is 13.4. The Morgan fingerprint density at radius 3 is 1.82 bits per heavy atom. The Hall–Kier alpha value is -0.183. The molecule has 0 saturated heterocycles. The van der Waals surface area contributed by atoms with Gasteiger partial charge < -0.3 is 0 Å². The Labute approximate surface area is 79.9 Å². The molecule has 0 N–H and O–H groups in total. The van der Waals surface area contributed by atoms with Gasteiger partial charge in [-0.2, -0.15) is 0 Å². The van der Waals surface area contributed by atoms with Crippen LogP contribution in [0.2, 0.25) is 19.6 Å². The second-order valence-corrected chi connectivity index (χ2v) is 8.28. The van der Waals surface area contributed by atoms with Crippen molar-refractivity contribution in [2.45, 2.75) is 26.6 Å². The molecule has 0 fully saturated rings. The normalized spacial score (nSPS) is 8.00. The molecule has 0 saturated carbocycles. The zero-order valence-electron chi connectivity index (χ0n) is 7.66. The molecule has 0 rings (SSSR count). The lowest BCUT2D eigenvalue weighted by Gasteiger charge is -2.02. The fourth-order valence-corrected chi connectivity index (χ4v) is 1.32. The highest BCUT2D eigenvalue weighted by atomic mass is 79.9. The molecule has 0 radical (unpaired) electrons. The predicted molar refractivity (Wildman–Crippen MR) is 59.4 cm³/mol. The molecule has 0 heterocycles. The van der Waals surface area contributed by atoms with E-state index >= 15 is 0 Å². The minimum Gasteiger partial charge on any atom is -0.131 e. The van der Waals surface area contributed by atoms with Crippen molar-refractivity contribution in [3.63, 3.8) is 0 Å². The van der Waals surface area contributed by atoms with E-state index in [2.05, 4.69) is 59.4 Å². The van der Waals surface area contributed by atoms with Crippen LogP contribution in [-0.4, -0.2) is 13.4 Å². The van der Waals surface area contributed by atoms with Gasteiger partial charge in [-0.3, -0.25) is 0 Å². The molecular weight excluding hydrogens is 216 g/mol. The van der Waals surface area contributed by atoms with Crippen LogP contribution in [0, 0.1) is 23.8 Å². The third kappa shape index (κ3) is 25.9. The van der Waals surface area contributed by atoms with Gasteiger partial charge in [-0.05, 0) is 6.92 Å². The zero-order valence-corrected chi connectivity index (χ0v) is 10.2. The zero-order chi connectivity index (χ0) is 9.33. The van der Waals surface area contributed by atoms with Gasteiger partial charge in [-0.1, -0.05) is 41.5 Å². The molecule has 0 aliphatic heterocycles. The SMILES string of the molecule is C#CC.C[Si](C)(C)C#CCBr. The van der Waals surface area contributed by atoms with Gasteiger partial charge in [-0.25, -0.2) is 0 Å². The fraction of sp³-hybridized carbons (Fsp3) is 0.556. The predicted octanol–water partition coefficient (Wildman–Crippen LogP) is 2.90. The minimum absolute atomic E-state index is 0.817. The first-order chi connectivity index (χ1) is 4.97. The van der Waals surface area contributed by atoms with E-state index in [9.17, 15) is 0 Å². The number of hydrogen-bond acceptors (Lipinski definition) is 0. The summed E-state index contributed by atoms with van der Waals surface area (Å²) >= 11 is 3.25. The van der Waals surface area contributed by atoms with Crippen molar-refractivity contribution in [2.75, 3.05) is 5.33 Å². The molecule has 0 unspecified atom stereocenters. The van der Waals surface area contributed by atoms with Gasteiger partial charge in [0.1, 0.15) is 8.07 Å². The molecule has 0 aromatic heterocycles. The quantitative estimate of drug-likeness (QED) is 0.341. The van der Waals surface area contributed by atoms with Crippen LogP contribution in [0.1, 0.15) is 6.92 Å². The van der Waals surface area contributed by atoms with E-state index in [1.165, 1.54) is 0 Å². The first-order valence-electron chi connectivity index (χ1n) is 3.41. The molecule has 0 amide bonds. The van der Waals surface area contributed by atoms with Crippen LogP contribution in [0.3, 0.4) is 0 Å². The van der Waals surface area contributed by atoms with Gasteiger partial charge in [0, 0.05) is 0 Å². The molecule has 0 spiro atoms. The number of alkyl halides is 1. The molecule has 0 aliphatic rings. The van der Waals surface area contributed by atoms with E-state index < -0.39 is 8.07 Å². The van der Waals surface area contributed by atoms with E-state index in [0.29, 0.717) is 0 Å². The number of halogens is 1. The summed E-state index contributed by atoms with van der Waals surface area (Å²) in [4.78, 5) is 0. The number of hydrogen-bond donors (Lipinski definition) is 0. The molecule has 0 atom stereocenters. The maximum absolute atomic E-state index is 4.60. The Kier molecular flexibility index (Phi) is 9.65. The molecule has 11 heavy (non-hydrogen) atoms. The van der Waals surface area contributed by atoms with Crippen LogP contribution in [-0.2, 0) is 0 Å². The molecule has 0 bridgehead atoms. The van der Waals surface area contributed by atoms with E-state index in [1.807, 2.05) is 0 Å². The highest BCUT2D eigenvalue weighted by molar-refractivity contribution is 9.09. The smallest absolute Gasteiger partial charge is 0.129 e. The summed E-state index contributed by atoms with van der Waals surface area (Å²) in [5.74, 6) is 5.27. The Balaban J connectivity index is 0. The Morgan fingerprint density at radius 2 is 1.73 bits per heavy atom. The highest BCUT2D eigenvalue weighted by Crippen LogP contribution is 1.95. The van der Waals surface area contributed by atoms with Gasteiger partial charge in [0.25, 0.3) is 0 Å². The third-order valence-corrected chi connectivity index (χ3v) is 1.74. The van der Waals surface area contributed by atoms with Crippen molar-refractivity contribution in [2.24, 2.45) is 0 Å². The molecule has 62 valence electrons. The molecule has 0 aromatic rings. The Bertz CT molecular complexity index is 172. The summed E-state index contributed by atoms with van der Waals surface area (Å²) in [6, 6.07) is 0. The number of terminal acetylenes is 1. The summed E-state index contributed by atoms with van der Waals surface area (Å²) in [6.45, 7) is 8.37. The average molecular weight is 231 g/mol. The molecule has 0 nitrogen and oxygen atoms in total. The Morgan fingerprint density at radius 1 is 1.36 bits per heavy atom. The largest absolute Gasteiger partial charge is 0.131 e. The van der Waals surface area contributed by atoms with E-state index in [0.717, 1.165) is 5.33 Å². The fourth-order valence-electron chi connectivity index (χ4n) is 0.299. The van der Waals surface area contributed by atoms with E-state index in [1.54, 1.807) is 6.92 Å². The molecule has 0 aromatic carbocycles. The van der Waals surface area contributed by atoms with E-state index in [-0.39, 0.29) is 0 Å².